The molecule has 0 saturated heterocycles. The molecular weight excluding hydrogens is 338 g/mol. The second-order valence-electron chi connectivity index (χ2n) is 5.82. The fourth-order valence-electron chi connectivity index (χ4n) is 2.83. The van der Waals surface area contributed by atoms with E-state index in [9.17, 15) is 18.0 Å². The number of nitrogens with two attached hydrogens (primary N) is 1. The molecule has 130 valence electrons. The topological polar surface area (TPSA) is 154 Å². The van der Waals surface area contributed by atoms with E-state index in [2.05, 4.69) is 20.6 Å². The van der Waals surface area contributed by atoms with Gasteiger partial charge in [0.25, 0.3) is 5.91 Å². The number of rotatable bonds is 3. The Balaban J connectivity index is 1.73. The summed E-state index contributed by atoms with van der Waals surface area (Å²) < 4.78 is 24.8. The molecule has 11 nitrogen and oxygen atoms in total. The summed E-state index contributed by atoms with van der Waals surface area (Å²) in [5, 5.41) is 14.8. The number of aryl methyl sites for hydroxylation is 1. The van der Waals surface area contributed by atoms with E-state index in [0.29, 0.717) is 25.7 Å². The number of nitrogens with zero attached hydrogens (tertiary/aromatic N) is 5. The monoisotopic (exact) mass is 355 g/mol. The molecule has 0 aliphatic heterocycles. The maximum atomic E-state index is 12.4. The minimum Gasteiger partial charge on any atom is -0.348 e. The van der Waals surface area contributed by atoms with Gasteiger partial charge < -0.3 is 5.32 Å². The average molecular weight is 355 g/mol. The van der Waals surface area contributed by atoms with Gasteiger partial charge in [-0.25, -0.2) is 27.7 Å². The predicted molar refractivity (Wildman–Crippen MR) is 82.6 cm³/mol. The first-order valence-corrected chi connectivity index (χ1v) is 8.98. The Kier molecular flexibility index (Phi) is 4.09. The van der Waals surface area contributed by atoms with Crippen LogP contribution in [-0.2, 0) is 17.1 Å². The molecule has 1 fully saturated rings. The molecule has 2 aromatic heterocycles. The van der Waals surface area contributed by atoms with Gasteiger partial charge in [0.05, 0.1) is 5.25 Å². The molecule has 0 bridgehead atoms. The number of carbonyl (C=O) groups is 1. The molecule has 2 aromatic rings. The van der Waals surface area contributed by atoms with Crippen LogP contribution in [0.4, 0.5) is 0 Å². The Hall–Kier alpha value is -2.34. The molecule has 1 amide bonds. The number of primary sulfonamides is 1. The van der Waals surface area contributed by atoms with Crippen LogP contribution >= 0.6 is 0 Å². The quantitative estimate of drug-likeness (QED) is 0.655. The molecule has 24 heavy (non-hydrogen) atoms. The molecule has 2 heterocycles. The van der Waals surface area contributed by atoms with Crippen LogP contribution in [0.3, 0.4) is 0 Å². The number of nitrogens with one attached hydrogen (secondary N) is 1. The summed E-state index contributed by atoms with van der Waals surface area (Å²) in [6.45, 7) is 0. The third-order valence-electron chi connectivity index (χ3n) is 4.19. The molecule has 0 spiro atoms. The van der Waals surface area contributed by atoms with Crippen molar-refractivity contribution < 1.29 is 13.2 Å². The van der Waals surface area contributed by atoms with Gasteiger partial charge in [-0.15, -0.1) is 5.10 Å². The first-order chi connectivity index (χ1) is 11.3. The van der Waals surface area contributed by atoms with Gasteiger partial charge >= 0.3 is 5.69 Å². The predicted octanol–water partition coefficient (Wildman–Crippen LogP) is -1.85. The normalized spacial score (nSPS) is 21.8. The molecule has 0 atom stereocenters. The van der Waals surface area contributed by atoms with Crippen molar-refractivity contribution in [2.24, 2.45) is 12.2 Å². The first-order valence-electron chi connectivity index (χ1n) is 7.37. The zero-order chi connectivity index (χ0) is 17.5. The number of aromatic nitrogens is 5. The summed E-state index contributed by atoms with van der Waals surface area (Å²) in [7, 11) is -2.10. The van der Waals surface area contributed by atoms with Crippen LogP contribution in [0.15, 0.2) is 11.1 Å². The average Bonchev–Trinajstić information content (AvgIpc) is 2.95. The van der Waals surface area contributed by atoms with E-state index < -0.39 is 26.9 Å². The number of imidazole rings is 1. The number of amides is 1. The van der Waals surface area contributed by atoms with Crippen molar-refractivity contribution in [3.63, 3.8) is 0 Å². The fourth-order valence-corrected chi connectivity index (χ4v) is 3.76. The van der Waals surface area contributed by atoms with Crippen LogP contribution in [0.1, 0.15) is 36.2 Å². The van der Waals surface area contributed by atoms with E-state index in [4.69, 9.17) is 5.14 Å². The minimum atomic E-state index is -3.54. The lowest BCUT2D eigenvalue weighted by molar-refractivity contribution is 0.0925. The molecule has 3 N–H and O–H groups in total. The van der Waals surface area contributed by atoms with Crippen molar-refractivity contribution in [3.8, 4) is 0 Å². The molecule has 0 radical (unpaired) electrons. The summed E-state index contributed by atoms with van der Waals surface area (Å²) in [5.41, 5.74) is -0.372. The molecule has 0 unspecified atom stereocenters. The second-order valence-corrected chi connectivity index (χ2v) is 7.66. The van der Waals surface area contributed by atoms with E-state index >= 15 is 0 Å². The second kappa shape index (κ2) is 5.94. The van der Waals surface area contributed by atoms with Crippen LogP contribution in [0, 0.1) is 0 Å². The summed E-state index contributed by atoms with van der Waals surface area (Å²) in [6.07, 6.45) is 3.03. The lowest BCUT2D eigenvalue weighted by Crippen LogP contribution is -2.41. The van der Waals surface area contributed by atoms with Gasteiger partial charge in [0.15, 0.2) is 11.3 Å². The number of hydrogen-bond acceptors (Lipinski definition) is 7. The molecule has 3 rings (SSSR count). The Labute approximate surface area is 136 Å². The van der Waals surface area contributed by atoms with Gasteiger partial charge in [-0.3, -0.25) is 4.79 Å². The maximum Gasteiger partial charge on any atom is 0.352 e. The minimum absolute atomic E-state index is 0.00812. The standard InChI is InChI=1S/C12H17N7O4S/c1-18-12(21)19-6-14-9(10(19)16-17-18)11(20)15-7-2-4-8(5-3-7)24(13,22)23/h6-8H,2-5H2,1H3,(H,15,20)(H2,13,22,23). The smallest absolute Gasteiger partial charge is 0.348 e. The third kappa shape index (κ3) is 3.01. The van der Waals surface area contributed by atoms with Gasteiger partial charge in [-0.05, 0) is 25.7 Å². The van der Waals surface area contributed by atoms with Gasteiger partial charge in [0.1, 0.15) is 6.33 Å². The zero-order valence-corrected chi connectivity index (χ0v) is 13.7. The molecular formula is C12H17N7O4S. The Morgan fingerprint density at radius 2 is 2.00 bits per heavy atom. The first kappa shape index (κ1) is 16.5. The van der Waals surface area contributed by atoms with Crippen molar-refractivity contribution in [2.45, 2.75) is 37.0 Å². The van der Waals surface area contributed by atoms with E-state index in [1.165, 1.54) is 13.4 Å². The van der Waals surface area contributed by atoms with Crippen LogP contribution in [0.5, 0.6) is 0 Å². The highest BCUT2D eigenvalue weighted by Gasteiger charge is 2.30. The van der Waals surface area contributed by atoms with Crippen LogP contribution in [0.2, 0.25) is 0 Å². The highest BCUT2D eigenvalue weighted by Crippen LogP contribution is 2.23. The number of sulfonamides is 1. The lowest BCUT2D eigenvalue weighted by Gasteiger charge is -2.27. The summed E-state index contributed by atoms with van der Waals surface area (Å²) >= 11 is 0. The zero-order valence-electron chi connectivity index (χ0n) is 12.9. The largest absolute Gasteiger partial charge is 0.352 e. The fraction of sp³-hybridized carbons (Fsp3) is 0.583. The Morgan fingerprint density at radius 3 is 2.62 bits per heavy atom. The molecule has 12 heteroatoms. The maximum absolute atomic E-state index is 12.4. The lowest BCUT2D eigenvalue weighted by atomic mass is 9.95. The molecule has 1 aliphatic carbocycles. The molecule has 1 saturated carbocycles. The summed E-state index contributed by atoms with van der Waals surface area (Å²) in [6, 6.07) is -0.174. The van der Waals surface area contributed by atoms with Crippen molar-refractivity contribution in [1.29, 1.82) is 0 Å². The third-order valence-corrected chi connectivity index (χ3v) is 5.59. The summed E-state index contributed by atoms with van der Waals surface area (Å²) in [5.74, 6) is -0.473. The van der Waals surface area contributed by atoms with E-state index in [1.54, 1.807) is 0 Å². The van der Waals surface area contributed by atoms with E-state index in [0.717, 1.165) is 9.08 Å². The Morgan fingerprint density at radius 1 is 1.33 bits per heavy atom. The van der Waals surface area contributed by atoms with Crippen LogP contribution in [-0.4, -0.2) is 50.0 Å². The van der Waals surface area contributed by atoms with Crippen LogP contribution in [0.25, 0.3) is 5.65 Å². The Bertz CT molecular complexity index is 940. The number of carbonyl (C=O) groups excluding carboxylic acids is 1. The summed E-state index contributed by atoms with van der Waals surface area (Å²) in [4.78, 5) is 28.2. The van der Waals surface area contributed by atoms with Crippen molar-refractivity contribution in [1.82, 2.24) is 29.7 Å². The number of fused-ring (bicyclic) bond motifs is 1. The molecule has 0 aromatic carbocycles. The SMILES string of the molecule is Cn1nnc2c(C(=O)NC3CCC(S(N)(=O)=O)CC3)ncn2c1=O. The number of hydrogen-bond donors (Lipinski definition) is 2. The van der Waals surface area contributed by atoms with Gasteiger partial charge in [0, 0.05) is 13.1 Å². The van der Waals surface area contributed by atoms with Crippen molar-refractivity contribution in [3.05, 3.63) is 22.5 Å². The highest BCUT2D eigenvalue weighted by molar-refractivity contribution is 7.89. The van der Waals surface area contributed by atoms with Crippen molar-refractivity contribution >= 4 is 21.6 Å². The van der Waals surface area contributed by atoms with E-state index in [1.807, 2.05) is 0 Å². The van der Waals surface area contributed by atoms with Crippen LogP contribution < -0.4 is 16.1 Å². The van der Waals surface area contributed by atoms with E-state index in [-0.39, 0.29) is 17.4 Å². The highest BCUT2D eigenvalue weighted by atomic mass is 32.2. The van der Waals surface area contributed by atoms with Gasteiger partial charge in [-0.1, -0.05) is 5.21 Å². The van der Waals surface area contributed by atoms with Gasteiger partial charge in [-0.2, -0.15) is 4.68 Å². The van der Waals surface area contributed by atoms with Gasteiger partial charge in [0.2, 0.25) is 10.0 Å². The molecule has 1 aliphatic rings. The van der Waals surface area contributed by atoms with Crippen molar-refractivity contribution in [2.75, 3.05) is 0 Å².